The highest BCUT2D eigenvalue weighted by Crippen LogP contribution is 2.24. The number of pyridine rings is 1. The molecule has 158 valence electrons. The summed E-state index contributed by atoms with van der Waals surface area (Å²) in [6, 6.07) is 7.61. The first-order valence-electron chi connectivity index (χ1n) is 9.02. The lowest BCUT2D eigenvalue weighted by molar-refractivity contribution is 0.122. The molecule has 0 atom stereocenters. The summed E-state index contributed by atoms with van der Waals surface area (Å²) in [5.74, 6) is 0.939. The Bertz CT molecular complexity index is 1160. The number of nitrogens with one attached hydrogen (secondary N) is 2. The molecule has 0 aliphatic carbocycles. The summed E-state index contributed by atoms with van der Waals surface area (Å²) in [4.78, 5) is 24.5. The quantitative estimate of drug-likeness (QED) is 0.577. The van der Waals surface area contributed by atoms with Crippen molar-refractivity contribution in [2.24, 2.45) is 0 Å². The number of hydrogen-bond acceptors (Lipinski definition) is 9. The zero-order valence-electron chi connectivity index (χ0n) is 16.0. The number of nitrogens with zero attached hydrogens (tertiary/aromatic N) is 3. The molecule has 1 amide bonds. The molecule has 3 heterocycles. The first kappa shape index (κ1) is 19.9. The lowest BCUT2D eigenvalue weighted by Gasteiger charge is -2.27. The van der Waals surface area contributed by atoms with Crippen molar-refractivity contribution in [3.63, 3.8) is 0 Å². The van der Waals surface area contributed by atoms with Gasteiger partial charge in [-0.2, -0.15) is 8.42 Å². The summed E-state index contributed by atoms with van der Waals surface area (Å²) in [7, 11) is -2.84. The standard InChI is InChI=1S/C18H19N5O6S/c1-27-18(24)22-17-20-14-4-2-12(10-15(14)21-17)29-30(25,26)13-3-5-16(19-11-13)23-6-8-28-9-7-23/h2-5,10-11H,6-9H2,1H3,(H2,20,21,22,24). The topological polar surface area (TPSA) is 136 Å². The average molecular weight is 433 g/mol. The van der Waals surface area contributed by atoms with Crippen LogP contribution in [0.5, 0.6) is 5.75 Å². The summed E-state index contributed by atoms with van der Waals surface area (Å²) in [5.41, 5.74) is 0.998. The number of morpholine rings is 1. The highest BCUT2D eigenvalue weighted by molar-refractivity contribution is 7.87. The van der Waals surface area contributed by atoms with Crippen molar-refractivity contribution in [3.8, 4) is 5.75 Å². The SMILES string of the molecule is COC(=O)Nc1nc2ccc(OS(=O)(=O)c3ccc(N4CCOCC4)nc3)cc2[nH]1. The van der Waals surface area contributed by atoms with E-state index < -0.39 is 16.2 Å². The van der Waals surface area contributed by atoms with E-state index in [0.29, 0.717) is 43.2 Å². The van der Waals surface area contributed by atoms with Gasteiger partial charge in [-0.05, 0) is 24.3 Å². The van der Waals surface area contributed by atoms with Crippen molar-refractivity contribution in [2.45, 2.75) is 4.90 Å². The van der Waals surface area contributed by atoms with Crippen molar-refractivity contribution in [1.29, 1.82) is 0 Å². The van der Waals surface area contributed by atoms with Gasteiger partial charge in [-0.1, -0.05) is 0 Å². The molecule has 1 aliphatic heterocycles. The molecule has 2 N–H and O–H groups in total. The largest absolute Gasteiger partial charge is 0.453 e. The molecule has 1 fully saturated rings. The summed E-state index contributed by atoms with van der Waals surface area (Å²) >= 11 is 0. The number of methoxy groups -OCH3 is 1. The van der Waals surface area contributed by atoms with Crippen LogP contribution in [0.15, 0.2) is 41.4 Å². The number of hydrogen-bond donors (Lipinski definition) is 2. The maximum absolute atomic E-state index is 12.6. The molecular formula is C18H19N5O6S. The first-order chi connectivity index (χ1) is 14.4. The fourth-order valence-corrected chi connectivity index (χ4v) is 3.79. The van der Waals surface area contributed by atoms with Crippen LogP contribution in [0.1, 0.15) is 0 Å². The number of imidazole rings is 1. The van der Waals surface area contributed by atoms with Crippen molar-refractivity contribution in [2.75, 3.05) is 43.6 Å². The van der Waals surface area contributed by atoms with Crippen LogP contribution in [0.25, 0.3) is 11.0 Å². The second-order valence-electron chi connectivity index (χ2n) is 6.37. The van der Waals surface area contributed by atoms with Gasteiger partial charge in [-0.15, -0.1) is 0 Å². The van der Waals surface area contributed by atoms with Gasteiger partial charge >= 0.3 is 16.2 Å². The molecule has 1 aliphatic rings. The van der Waals surface area contributed by atoms with Crippen molar-refractivity contribution < 1.29 is 26.9 Å². The molecule has 2 aromatic heterocycles. The summed E-state index contributed by atoms with van der Waals surface area (Å²) < 4.78 is 40.3. The third-order valence-electron chi connectivity index (χ3n) is 4.41. The van der Waals surface area contributed by atoms with Crippen molar-refractivity contribution in [3.05, 3.63) is 36.5 Å². The second-order valence-corrected chi connectivity index (χ2v) is 7.92. The van der Waals surface area contributed by atoms with Crippen LogP contribution in [0.3, 0.4) is 0 Å². The number of rotatable bonds is 5. The lowest BCUT2D eigenvalue weighted by atomic mass is 10.3. The molecule has 30 heavy (non-hydrogen) atoms. The van der Waals surface area contributed by atoms with E-state index in [2.05, 4.69) is 25.0 Å². The third kappa shape index (κ3) is 4.28. The van der Waals surface area contributed by atoms with Gasteiger partial charge in [0.05, 0.1) is 37.6 Å². The molecule has 1 aromatic carbocycles. The van der Waals surface area contributed by atoms with E-state index in [4.69, 9.17) is 8.92 Å². The van der Waals surface area contributed by atoms with E-state index in [-0.39, 0.29) is 16.6 Å². The molecule has 0 unspecified atom stereocenters. The molecule has 12 heteroatoms. The van der Waals surface area contributed by atoms with Gasteiger partial charge in [0.1, 0.15) is 16.5 Å². The number of amides is 1. The zero-order valence-corrected chi connectivity index (χ0v) is 16.8. The van der Waals surface area contributed by atoms with Crippen LogP contribution in [-0.2, 0) is 19.6 Å². The minimum Gasteiger partial charge on any atom is -0.453 e. The third-order valence-corrected chi connectivity index (χ3v) is 5.64. The van der Waals surface area contributed by atoms with Crippen LogP contribution in [0.4, 0.5) is 16.6 Å². The van der Waals surface area contributed by atoms with E-state index in [1.54, 1.807) is 12.1 Å². The van der Waals surface area contributed by atoms with Gasteiger partial charge < -0.3 is 23.5 Å². The number of aromatic nitrogens is 3. The number of carbonyl (C=O) groups is 1. The monoisotopic (exact) mass is 433 g/mol. The molecule has 0 radical (unpaired) electrons. The van der Waals surface area contributed by atoms with Gasteiger partial charge in [-0.25, -0.2) is 14.8 Å². The number of aromatic amines is 1. The molecular weight excluding hydrogens is 414 g/mol. The Kier molecular flexibility index (Phi) is 5.42. The molecule has 0 bridgehead atoms. The first-order valence-corrected chi connectivity index (χ1v) is 10.4. The average Bonchev–Trinajstić information content (AvgIpc) is 3.15. The van der Waals surface area contributed by atoms with E-state index in [9.17, 15) is 13.2 Å². The number of anilines is 2. The minimum atomic E-state index is -4.08. The van der Waals surface area contributed by atoms with Crippen molar-refractivity contribution >= 4 is 39.0 Å². The highest BCUT2D eigenvalue weighted by atomic mass is 32.2. The molecule has 0 saturated carbocycles. The Morgan fingerprint density at radius 1 is 1.23 bits per heavy atom. The smallest absolute Gasteiger partial charge is 0.413 e. The summed E-state index contributed by atoms with van der Waals surface area (Å²) in [6.07, 6.45) is 0.592. The van der Waals surface area contributed by atoms with Crippen LogP contribution in [-0.4, -0.2) is 62.9 Å². The Morgan fingerprint density at radius 2 is 2.03 bits per heavy atom. The van der Waals surface area contributed by atoms with Crippen molar-refractivity contribution in [1.82, 2.24) is 15.0 Å². The predicted molar refractivity (Wildman–Crippen MR) is 107 cm³/mol. The van der Waals surface area contributed by atoms with Gasteiger partial charge in [0, 0.05) is 19.2 Å². The van der Waals surface area contributed by atoms with Crippen LogP contribution in [0, 0.1) is 0 Å². The number of ether oxygens (including phenoxy) is 2. The normalized spacial score (nSPS) is 14.5. The molecule has 3 aromatic rings. The van der Waals surface area contributed by atoms with Crippen LogP contribution >= 0.6 is 0 Å². The second kappa shape index (κ2) is 8.16. The Hall–Kier alpha value is -3.38. The summed E-state index contributed by atoms with van der Waals surface area (Å²) in [5, 5.41) is 2.40. The van der Waals surface area contributed by atoms with E-state index in [1.165, 1.54) is 31.5 Å². The number of carbonyl (C=O) groups excluding carboxylic acids is 1. The predicted octanol–water partition coefficient (Wildman–Crippen LogP) is 1.74. The Morgan fingerprint density at radius 3 is 2.73 bits per heavy atom. The zero-order chi connectivity index (χ0) is 21.1. The van der Waals surface area contributed by atoms with E-state index >= 15 is 0 Å². The van der Waals surface area contributed by atoms with Gasteiger partial charge in [0.25, 0.3) is 0 Å². The molecule has 0 spiro atoms. The molecule has 4 rings (SSSR count). The number of H-pyrrole nitrogens is 1. The van der Waals surface area contributed by atoms with E-state index in [0.717, 1.165) is 0 Å². The van der Waals surface area contributed by atoms with E-state index in [1.807, 2.05) is 4.90 Å². The fourth-order valence-electron chi connectivity index (χ4n) is 2.92. The van der Waals surface area contributed by atoms with Gasteiger partial charge in [-0.3, -0.25) is 5.32 Å². The van der Waals surface area contributed by atoms with Crippen LogP contribution in [0.2, 0.25) is 0 Å². The summed E-state index contributed by atoms with van der Waals surface area (Å²) in [6.45, 7) is 2.62. The lowest BCUT2D eigenvalue weighted by Crippen LogP contribution is -2.36. The van der Waals surface area contributed by atoms with Gasteiger partial charge in [0.15, 0.2) is 0 Å². The maximum Gasteiger partial charge on any atom is 0.413 e. The number of fused-ring (bicyclic) bond motifs is 1. The van der Waals surface area contributed by atoms with Crippen LogP contribution < -0.4 is 14.4 Å². The maximum atomic E-state index is 12.6. The fraction of sp³-hybridized carbons (Fsp3) is 0.278. The Labute approximate surface area is 172 Å². The number of benzene rings is 1. The minimum absolute atomic E-state index is 0.0581. The Balaban J connectivity index is 1.50. The van der Waals surface area contributed by atoms with Gasteiger partial charge in [0.2, 0.25) is 5.95 Å². The highest BCUT2D eigenvalue weighted by Gasteiger charge is 2.20. The molecule has 1 saturated heterocycles. The molecule has 11 nitrogen and oxygen atoms in total.